The second kappa shape index (κ2) is 31.0. The molecule has 0 atom stereocenters. The Balaban J connectivity index is 0. The molecule has 1 radical (unpaired) electrons. The van der Waals surface area contributed by atoms with Gasteiger partial charge in [-0.05, 0) is 0 Å². The number of hydrogen-bond acceptors (Lipinski definition) is 0. The van der Waals surface area contributed by atoms with Gasteiger partial charge < -0.3 is 11.0 Å². The average molecular weight is 203 g/mol. The molecule has 0 aromatic rings. The van der Waals surface area contributed by atoms with Crippen molar-refractivity contribution in [3.05, 3.63) is 0 Å². The zero-order chi connectivity index (χ0) is 0. The van der Waals surface area contributed by atoms with Gasteiger partial charge in [0.2, 0.25) is 0 Å². The van der Waals surface area contributed by atoms with E-state index in [1.807, 2.05) is 0 Å². The molecule has 37 valence electrons. The van der Waals surface area contributed by atoms with Gasteiger partial charge in [0.05, 0.1) is 0 Å². The summed E-state index contributed by atoms with van der Waals surface area (Å²) in [7, 11) is 0. The third-order valence-corrected chi connectivity index (χ3v) is 0. The Kier molecular flexibility index (Phi) is 518. The quantitative estimate of drug-likeness (QED) is 0.423. The van der Waals surface area contributed by atoms with Gasteiger partial charge in [-0.1, -0.05) is 0 Å². The second-order valence-corrected chi connectivity index (χ2v) is 0. The van der Waals surface area contributed by atoms with Gasteiger partial charge in [-0.15, -0.1) is 0 Å². The molecule has 0 spiro atoms. The van der Waals surface area contributed by atoms with Crippen molar-refractivity contribution < 1.29 is 49.8 Å². The zero-order valence-corrected chi connectivity index (χ0v) is 4.09. The maximum atomic E-state index is 0. The first-order valence-electron chi connectivity index (χ1n) is 0. The van der Waals surface area contributed by atoms with Gasteiger partial charge in [0.25, 0.3) is 0 Å². The van der Waals surface area contributed by atoms with E-state index in [9.17, 15) is 0 Å². The molecule has 0 aliphatic carbocycles. The van der Waals surface area contributed by atoms with Gasteiger partial charge in [0.1, 0.15) is 0 Å². The molecule has 2 nitrogen and oxygen atoms in total. The van der Waals surface area contributed by atoms with E-state index in [0.29, 0.717) is 0 Å². The fourth-order valence-corrected chi connectivity index (χ4v) is 0. The Morgan fingerprint density at radius 3 is 0.750 bits per heavy atom. The van der Waals surface area contributed by atoms with Crippen molar-refractivity contribution in [1.82, 2.24) is 0 Å². The monoisotopic (exact) mass is 201 g/mol. The molecule has 4 N–H and O–H groups in total. The van der Waals surface area contributed by atoms with Crippen LogP contribution >= 0.6 is 0 Å². The molecule has 0 aliphatic heterocycles. The first-order valence-corrected chi connectivity index (χ1v) is 0. The minimum absolute atomic E-state index is 0. The van der Waals surface area contributed by atoms with Gasteiger partial charge in [0.15, 0.2) is 0 Å². The Hall–Kier alpha value is 1.15. The summed E-state index contributed by atoms with van der Waals surface area (Å²) in [5.74, 6) is 0. The molecule has 0 saturated heterocycles. The van der Waals surface area contributed by atoms with Crippen molar-refractivity contribution in [1.29, 1.82) is 0 Å². The molecule has 0 fully saturated rings. The molecule has 0 aromatic heterocycles. The summed E-state index contributed by atoms with van der Waals surface area (Å²) in [5, 5.41) is 0. The van der Waals surface area contributed by atoms with E-state index in [0.717, 1.165) is 0 Å². The summed E-state index contributed by atoms with van der Waals surface area (Å²) in [6, 6.07) is 0. The van der Waals surface area contributed by atoms with Crippen LogP contribution in [0.25, 0.3) is 0 Å². The van der Waals surface area contributed by atoms with E-state index in [1.165, 1.54) is 0 Å². The van der Waals surface area contributed by atoms with E-state index in [4.69, 9.17) is 0 Å². The van der Waals surface area contributed by atoms with Gasteiger partial charge >= 0.3 is 0 Å². The predicted molar refractivity (Wildman–Crippen MR) is 7.23 cm³/mol. The molecule has 4 heteroatoms. The smallest absolute Gasteiger partial charge is 0 e. The van der Waals surface area contributed by atoms with Crippen molar-refractivity contribution >= 4 is 0 Å². The maximum Gasteiger partial charge on any atom is 0 e. The first kappa shape index (κ1) is 66.8. The van der Waals surface area contributed by atoms with Crippen LogP contribution in [0.2, 0.25) is 0 Å². The van der Waals surface area contributed by atoms with Gasteiger partial charge in [-0.3, -0.25) is 0 Å². The molecule has 4 heavy (non-hydrogen) atoms. The van der Waals surface area contributed by atoms with Crippen LogP contribution in [0.5, 0.6) is 0 Å². The van der Waals surface area contributed by atoms with E-state index < -0.39 is 0 Å². The summed E-state index contributed by atoms with van der Waals surface area (Å²) in [6.45, 7) is 0. The molecular formula is H4AgNiO2. The first-order chi connectivity index (χ1) is 0. The SMILES string of the molecule is O.O.[Ag].[Ni]. The van der Waals surface area contributed by atoms with Gasteiger partial charge in [0, 0.05) is 38.9 Å². The molecular weight excluding hydrogens is 199 g/mol. The minimum atomic E-state index is 0. The fourth-order valence-electron chi connectivity index (χ4n) is 0. The van der Waals surface area contributed by atoms with Crippen LogP contribution in [0, 0.1) is 0 Å². The third kappa shape index (κ3) is 11.0. The van der Waals surface area contributed by atoms with E-state index in [2.05, 4.69) is 0 Å². The van der Waals surface area contributed by atoms with Crippen LogP contribution in [-0.4, -0.2) is 11.0 Å². The summed E-state index contributed by atoms with van der Waals surface area (Å²) in [4.78, 5) is 0. The summed E-state index contributed by atoms with van der Waals surface area (Å²) in [6.07, 6.45) is 0. The van der Waals surface area contributed by atoms with Crippen molar-refractivity contribution in [3.8, 4) is 0 Å². The van der Waals surface area contributed by atoms with Crippen LogP contribution in [-0.2, 0) is 38.9 Å². The van der Waals surface area contributed by atoms with Crippen LogP contribution in [0.15, 0.2) is 0 Å². The molecule has 0 amide bonds. The Bertz CT molecular complexity index is 6.00. The summed E-state index contributed by atoms with van der Waals surface area (Å²) >= 11 is 0. The average Bonchev–Trinajstić information content (AvgIpc) is 0. The molecule has 0 bridgehead atoms. The Labute approximate surface area is 50.0 Å². The summed E-state index contributed by atoms with van der Waals surface area (Å²) in [5.41, 5.74) is 0. The normalized spacial score (nSPS) is 0. The summed E-state index contributed by atoms with van der Waals surface area (Å²) < 4.78 is 0. The minimum Gasteiger partial charge on any atom is -0.412 e. The van der Waals surface area contributed by atoms with Gasteiger partial charge in [-0.2, -0.15) is 0 Å². The molecule has 0 heterocycles. The van der Waals surface area contributed by atoms with Crippen LogP contribution < -0.4 is 0 Å². The van der Waals surface area contributed by atoms with Crippen LogP contribution in [0.4, 0.5) is 0 Å². The topological polar surface area (TPSA) is 63.0 Å². The van der Waals surface area contributed by atoms with E-state index in [-0.39, 0.29) is 49.8 Å². The van der Waals surface area contributed by atoms with Crippen molar-refractivity contribution in [3.63, 3.8) is 0 Å². The van der Waals surface area contributed by atoms with E-state index in [1.54, 1.807) is 0 Å². The molecule has 0 unspecified atom stereocenters. The van der Waals surface area contributed by atoms with Gasteiger partial charge in [-0.25, -0.2) is 0 Å². The molecule has 0 aliphatic rings. The van der Waals surface area contributed by atoms with Crippen molar-refractivity contribution in [2.75, 3.05) is 0 Å². The Morgan fingerprint density at radius 2 is 0.750 bits per heavy atom. The second-order valence-electron chi connectivity index (χ2n) is 0. The largest absolute Gasteiger partial charge is 0.412 e. The zero-order valence-electron chi connectivity index (χ0n) is 1.62. The predicted octanol–water partition coefficient (Wildman–Crippen LogP) is -1.65. The van der Waals surface area contributed by atoms with E-state index >= 15 is 0 Å². The molecule has 0 saturated carbocycles. The number of rotatable bonds is 0. The van der Waals surface area contributed by atoms with Crippen LogP contribution in [0.3, 0.4) is 0 Å². The third-order valence-electron chi connectivity index (χ3n) is 0. The maximum absolute atomic E-state index is 0. The number of hydrogen-bond donors (Lipinski definition) is 0. The molecule has 0 rings (SSSR count). The Morgan fingerprint density at radius 1 is 0.750 bits per heavy atom. The molecule has 0 aromatic carbocycles. The van der Waals surface area contributed by atoms with Crippen molar-refractivity contribution in [2.24, 2.45) is 0 Å². The van der Waals surface area contributed by atoms with Crippen molar-refractivity contribution in [2.45, 2.75) is 0 Å². The fraction of sp³-hybridized carbons (Fsp3) is 0. The van der Waals surface area contributed by atoms with Crippen LogP contribution in [0.1, 0.15) is 0 Å². The standard InChI is InChI=1S/Ag.Ni.2H2O/h;;2*1H2.